The van der Waals surface area contributed by atoms with Crippen molar-refractivity contribution < 1.29 is 8.42 Å². The van der Waals surface area contributed by atoms with E-state index in [4.69, 9.17) is 0 Å². The second-order valence-corrected chi connectivity index (χ2v) is 7.68. The molecular weight excluding hydrogens is 332 g/mol. The van der Waals surface area contributed by atoms with Gasteiger partial charge in [0.05, 0.1) is 22.3 Å². The Morgan fingerprint density at radius 3 is 2.24 bits per heavy atom. The minimum Gasteiger partial charge on any atom is -0.251 e. The van der Waals surface area contributed by atoms with Crippen LogP contribution in [0.25, 0.3) is 11.3 Å². The summed E-state index contributed by atoms with van der Waals surface area (Å²) in [6, 6.07) is 21.8. The molecule has 0 saturated heterocycles. The molecule has 1 aromatic heterocycles. The molecule has 0 radical (unpaired) electrons. The number of aromatic nitrogens is 1. The summed E-state index contributed by atoms with van der Waals surface area (Å²) >= 11 is 0. The lowest BCUT2D eigenvalue weighted by atomic mass is 10.1. The number of pyridine rings is 1. The van der Waals surface area contributed by atoms with Crippen molar-refractivity contribution in [2.24, 2.45) is 0 Å². The van der Waals surface area contributed by atoms with Gasteiger partial charge < -0.3 is 0 Å². The fraction of sp³-hybridized carbons (Fsp3) is 0.150. The number of rotatable bonds is 5. The van der Waals surface area contributed by atoms with E-state index < -0.39 is 16.1 Å². The second kappa shape index (κ2) is 7.17. The molecule has 1 atom stereocenters. The van der Waals surface area contributed by atoms with E-state index in [9.17, 15) is 8.42 Å². The molecule has 0 aliphatic rings. The molecule has 0 amide bonds. The van der Waals surface area contributed by atoms with Gasteiger partial charge in [0.2, 0.25) is 10.0 Å². The Balaban J connectivity index is 1.84. The Bertz CT molecular complexity index is 953. The largest absolute Gasteiger partial charge is 0.251 e. The number of aryl methyl sites for hydroxylation is 1. The summed E-state index contributed by atoms with van der Waals surface area (Å²) in [5.74, 6) is 0. The zero-order valence-corrected chi connectivity index (χ0v) is 15.0. The SMILES string of the molecule is Cc1ccc(S(=O)(=O)N[C@@H](C)c2cccc(-c3ccccc3)n2)cc1. The molecule has 3 aromatic rings. The van der Waals surface area contributed by atoms with E-state index in [1.54, 1.807) is 31.2 Å². The fourth-order valence-corrected chi connectivity index (χ4v) is 3.76. The highest BCUT2D eigenvalue weighted by Crippen LogP contribution is 2.21. The average molecular weight is 352 g/mol. The summed E-state index contributed by atoms with van der Waals surface area (Å²) in [4.78, 5) is 4.86. The molecule has 1 N–H and O–H groups in total. The van der Waals surface area contributed by atoms with Crippen molar-refractivity contribution in [2.75, 3.05) is 0 Å². The molecule has 5 heteroatoms. The quantitative estimate of drug-likeness (QED) is 0.752. The van der Waals surface area contributed by atoms with Gasteiger partial charge in [-0.3, -0.25) is 4.98 Å². The van der Waals surface area contributed by atoms with E-state index in [-0.39, 0.29) is 4.90 Å². The molecule has 0 aliphatic heterocycles. The van der Waals surface area contributed by atoms with Crippen molar-refractivity contribution in [3.63, 3.8) is 0 Å². The molecule has 0 aliphatic carbocycles. The van der Waals surface area contributed by atoms with Gasteiger partial charge in [0.1, 0.15) is 0 Å². The van der Waals surface area contributed by atoms with Crippen LogP contribution < -0.4 is 4.72 Å². The Hall–Kier alpha value is -2.50. The second-order valence-electron chi connectivity index (χ2n) is 5.97. The summed E-state index contributed by atoms with van der Waals surface area (Å²) in [5, 5.41) is 0. The van der Waals surface area contributed by atoms with Crippen molar-refractivity contribution >= 4 is 10.0 Å². The first-order chi connectivity index (χ1) is 12.0. The van der Waals surface area contributed by atoms with E-state index in [2.05, 4.69) is 9.71 Å². The predicted octanol–water partition coefficient (Wildman–Crippen LogP) is 4.10. The Morgan fingerprint density at radius 2 is 1.56 bits per heavy atom. The summed E-state index contributed by atoms with van der Waals surface area (Å²) in [5.41, 5.74) is 3.51. The summed E-state index contributed by atoms with van der Waals surface area (Å²) in [6.45, 7) is 3.72. The van der Waals surface area contributed by atoms with Crippen LogP contribution in [0.4, 0.5) is 0 Å². The van der Waals surface area contributed by atoms with Gasteiger partial charge in [-0.25, -0.2) is 13.1 Å². The third-order valence-corrected chi connectivity index (χ3v) is 5.50. The monoisotopic (exact) mass is 352 g/mol. The minimum atomic E-state index is -3.59. The fourth-order valence-electron chi connectivity index (χ4n) is 2.54. The molecule has 2 aromatic carbocycles. The smallest absolute Gasteiger partial charge is 0.241 e. The molecule has 0 bridgehead atoms. The van der Waals surface area contributed by atoms with Crippen LogP contribution in [-0.4, -0.2) is 13.4 Å². The topological polar surface area (TPSA) is 59.1 Å². The molecule has 4 nitrogen and oxygen atoms in total. The molecule has 0 saturated carbocycles. The van der Waals surface area contributed by atoms with Crippen LogP contribution in [0.2, 0.25) is 0 Å². The molecule has 128 valence electrons. The summed E-state index contributed by atoms with van der Waals surface area (Å²) < 4.78 is 27.8. The molecule has 25 heavy (non-hydrogen) atoms. The lowest BCUT2D eigenvalue weighted by Crippen LogP contribution is -2.27. The highest BCUT2D eigenvalue weighted by molar-refractivity contribution is 7.89. The number of hydrogen-bond donors (Lipinski definition) is 1. The highest BCUT2D eigenvalue weighted by Gasteiger charge is 2.19. The third kappa shape index (κ3) is 4.13. The van der Waals surface area contributed by atoms with Crippen LogP contribution in [-0.2, 0) is 10.0 Å². The molecule has 0 unspecified atom stereocenters. The Morgan fingerprint density at radius 1 is 0.880 bits per heavy atom. The maximum absolute atomic E-state index is 12.5. The summed E-state index contributed by atoms with van der Waals surface area (Å²) in [7, 11) is -3.59. The van der Waals surface area contributed by atoms with E-state index in [1.807, 2.05) is 55.5 Å². The zero-order chi connectivity index (χ0) is 17.9. The number of hydrogen-bond acceptors (Lipinski definition) is 3. The van der Waals surface area contributed by atoms with E-state index in [0.717, 1.165) is 16.8 Å². The maximum Gasteiger partial charge on any atom is 0.241 e. The molecule has 3 rings (SSSR count). The molecule has 1 heterocycles. The van der Waals surface area contributed by atoms with Crippen LogP contribution in [0.15, 0.2) is 77.7 Å². The van der Waals surface area contributed by atoms with Crippen molar-refractivity contribution in [3.8, 4) is 11.3 Å². The van der Waals surface area contributed by atoms with Crippen molar-refractivity contribution in [3.05, 3.63) is 84.1 Å². The standard InChI is InChI=1S/C20H20N2O2S/c1-15-11-13-18(14-12-15)25(23,24)22-16(2)19-9-6-10-20(21-19)17-7-4-3-5-8-17/h3-14,16,22H,1-2H3/t16-/m0/s1. The minimum absolute atomic E-state index is 0.254. The van der Waals surface area contributed by atoms with Crippen LogP contribution in [0.3, 0.4) is 0 Å². The number of nitrogens with one attached hydrogen (secondary N) is 1. The first kappa shape index (κ1) is 17.3. The van der Waals surface area contributed by atoms with E-state index in [1.165, 1.54) is 0 Å². The van der Waals surface area contributed by atoms with Crippen LogP contribution in [0, 0.1) is 6.92 Å². The first-order valence-electron chi connectivity index (χ1n) is 8.07. The predicted molar refractivity (Wildman–Crippen MR) is 99.6 cm³/mol. The Labute approximate surface area is 148 Å². The van der Waals surface area contributed by atoms with Gasteiger partial charge in [0.15, 0.2) is 0 Å². The van der Waals surface area contributed by atoms with Crippen LogP contribution in [0.5, 0.6) is 0 Å². The van der Waals surface area contributed by atoms with Gasteiger partial charge >= 0.3 is 0 Å². The first-order valence-corrected chi connectivity index (χ1v) is 9.55. The summed E-state index contributed by atoms with van der Waals surface area (Å²) in [6.07, 6.45) is 0. The third-order valence-electron chi connectivity index (χ3n) is 3.95. The average Bonchev–Trinajstić information content (AvgIpc) is 2.62. The van der Waals surface area contributed by atoms with Crippen LogP contribution in [0.1, 0.15) is 24.2 Å². The zero-order valence-electron chi connectivity index (χ0n) is 14.2. The molecule has 0 spiro atoms. The van der Waals surface area contributed by atoms with Crippen molar-refractivity contribution in [1.29, 1.82) is 0 Å². The number of benzene rings is 2. The van der Waals surface area contributed by atoms with Gasteiger partial charge in [0.25, 0.3) is 0 Å². The van der Waals surface area contributed by atoms with Gasteiger partial charge in [-0.15, -0.1) is 0 Å². The van der Waals surface area contributed by atoms with E-state index in [0.29, 0.717) is 5.69 Å². The molecule has 0 fully saturated rings. The number of nitrogens with zero attached hydrogens (tertiary/aromatic N) is 1. The molecular formula is C20H20N2O2S. The van der Waals surface area contributed by atoms with Crippen LogP contribution >= 0.6 is 0 Å². The van der Waals surface area contributed by atoms with Gasteiger partial charge in [-0.05, 0) is 38.1 Å². The van der Waals surface area contributed by atoms with Gasteiger partial charge in [-0.1, -0.05) is 54.1 Å². The lowest BCUT2D eigenvalue weighted by Gasteiger charge is -2.15. The number of sulfonamides is 1. The van der Waals surface area contributed by atoms with Gasteiger partial charge in [-0.2, -0.15) is 0 Å². The maximum atomic E-state index is 12.5. The van der Waals surface area contributed by atoms with Crippen molar-refractivity contribution in [1.82, 2.24) is 9.71 Å². The lowest BCUT2D eigenvalue weighted by molar-refractivity contribution is 0.564. The van der Waals surface area contributed by atoms with Crippen molar-refractivity contribution in [2.45, 2.75) is 24.8 Å². The Kier molecular flexibility index (Phi) is 4.97. The normalized spacial score (nSPS) is 12.7. The highest BCUT2D eigenvalue weighted by atomic mass is 32.2. The van der Waals surface area contributed by atoms with Gasteiger partial charge in [0, 0.05) is 5.56 Å². The van der Waals surface area contributed by atoms with E-state index >= 15 is 0 Å².